The second-order valence-electron chi connectivity index (χ2n) is 5.91. The smallest absolute Gasteiger partial charge is 0.252 e. The maximum Gasteiger partial charge on any atom is 0.252 e. The van der Waals surface area contributed by atoms with Crippen LogP contribution in [0.2, 0.25) is 0 Å². The van der Waals surface area contributed by atoms with Gasteiger partial charge in [0.1, 0.15) is 5.82 Å². The highest BCUT2D eigenvalue weighted by molar-refractivity contribution is 9.10. The first-order valence-electron chi connectivity index (χ1n) is 6.58. The molecule has 1 unspecified atom stereocenters. The summed E-state index contributed by atoms with van der Waals surface area (Å²) >= 11 is 4.85. The van der Waals surface area contributed by atoms with Crippen LogP contribution < -0.4 is 5.32 Å². The summed E-state index contributed by atoms with van der Waals surface area (Å²) in [6, 6.07) is 7.97. The SMILES string of the molecule is CC(C)(C)C(NC(=O)c1ccc(F)cc1Br)c1cccs1. The Labute approximate surface area is 136 Å². The molecule has 0 spiro atoms. The lowest BCUT2D eigenvalue weighted by atomic mass is 9.85. The third-order valence-electron chi connectivity index (χ3n) is 3.14. The molecule has 1 heterocycles. The van der Waals surface area contributed by atoms with Gasteiger partial charge in [-0.25, -0.2) is 4.39 Å². The molecule has 0 aliphatic rings. The quantitative estimate of drug-likeness (QED) is 0.794. The Hall–Kier alpha value is -1.20. The number of nitrogens with one attached hydrogen (secondary N) is 1. The molecule has 112 valence electrons. The zero-order valence-corrected chi connectivity index (χ0v) is 14.5. The van der Waals surface area contributed by atoms with Crippen LogP contribution in [0.4, 0.5) is 4.39 Å². The van der Waals surface area contributed by atoms with Gasteiger partial charge in [0, 0.05) is 9.35 Å². The van der Waals surface area contributed by atoms with E-state index in [2.05, 4.69) is 42.0 Å². The van der Waals surface area contributed by atoms with Crippen molar-refractivity contribution in [1.29, 1.82) is 0 Å². The molecule has 0 bridgehead atoms. The van der Waals surface area contributed by atoms with Gasteiger partial charge in [-0.15, -0.1) is 11.3 Å². The van der Waals surface area contributed by atoms with Gasteiger partial charge < -0.3 is 5.32 Å². The predicted octanol–water partition coefficient (Wildman–Crippen LogP) is 5.17. The van der Waals surface area contributed by atoms with Gasteiger partial charge in [0.15, 0.2) is 0 Å². The van der Waals surface area contributed by atoms with Crippen molar-refractivity contribution >= 4 is 33.2 Å². The normalized spacial score (nSPS) is 13.0. The van der Waals surface area contributed by atoms with Gasteiger partial charge in [-0.1, -0.05) is 26.8 Å². The first-order valence-corrected chi connectivity index (χ1v) is 8.25. The van der Waals surface area contributed by atoms with Crippen molar-refractivity contribution in [2.75, 3.05) is 0 Å². The lowest BCUT2D eigenvalue weighted by Gasteiger charge is -2.31. The van der Waals surface area contributed by atoms with Crippen molar-refractivity contribution in [1.82, 2.24) is 5.32 Å². The molecule has 1 aromatic heterocycles. The van der Waals surface area contributed by atoms with E-state index in [0.29, 0.717) is 10.0 Å². The zero-order chi connectivity index (χ0) is 15.6. The summed E-state index contributed by atoms with van der Waals surface area (Å²) in [4.78, 5) is 13.6. The van der Waals surface area contributed by atoms with Crippen LogP contribution in [-0.4, -0.2) is 5.91 Å². The maximum absolute atomic E-state index is 13.1. The minimum atomic E-state index is -0.371. The fourth-order valence-electron chi connectivity index (χ4n) is 2.05. The van der Waals surface area contributed by atoms with Gasteiger partial charge in [-0.3, -0.25) is 4.79 Å². The lowest BCUT2D eigenvalue weighted by molar-refractivity contribution is 0.0902. The van der Waals surface area contributed by atoms with Crippen LogP contribution in [0.3, 0.4) is 0 Å². The summed E-state index contributed by atoms with van der Waals surface area (Å²) in [5.74, 6) is -0.584. The molecule has 2 rings (SSSR count). The van der Waals surface area contributed by atoms with Crippen LogP contribution in [0.1, 0.15) is 42.0 Å². The molecule has 2 nitrogen and oxygen atoms in total. The van der Waals surface area contributed by atoms with Crippen molar-refractivity contribution in [3.05, 3.63) is 56.4 Å². The number of rotatable bonds is 3. The first-order chi connectivity index (χ1) is 9.79. The summed E-state index contributed by atoms with van der Waals surface area (Å²) < 4.78 is 13.6. The van der Waals surface area contributed by atoms with Gasteiger partial charge >= 0.3 is 0 Å². The van der Waals surface area contributed by atoms with Crippen LogP contribution in [0.25, 0.3) is 0 Å². The van der Waals surface area contributed by atoms with E-state index in [9.17, 15) is 9.18 Å². The van der Waals surface area contributed by atoms with Crippen molar-refractivity contribution in [2.45, 2.75) is 26.8 Å². The Bertz CT molecular complexity index is 634. The number of hydrogen-bond acceptors (Lipinski definition) is 2. The van der Waals surface area contributed by atoms with Crippen LogP contribution in [0, 0.1) is 11.2 Å². The minimum absolute atomic E-state index is 0.0954. The molecule has 1 amide bonds. The van der Waals surface area contributed by atoms with Crippen molar-refractivity contribution < 1.29 is 9.18 Å². The average Bonchev–Trinajstić information content (AvgIpc) is 2.87. The summed E-state index contributed by atoms with van der Waals surface area (Å²) in [5, 5.41) is 5.05. The number of thiophene rings is 1. The molecule has 1 aromatic carbocycles. The topological polar surface area (TPSA) is 29.1 Å². The van der Waals surface area contributed by atoms with Crippen molar-refractivity contribution in [2.24, 2.45) is 5.41 Å². The number of halogens is 2. The van der Waals surface area contributed by atoms with Crippen molar-refractivity contribution in [3.63, 3.8) is 0 Å². The van der Waals surface area contributed by atoms with E-state index in [1.807, 2.05) is 17.5 Å². The molecule has 0 aliphatic carbocycles. The van der Waals surface area contributed by atoms with Crippen LogP contribution >= 0.6 is 27.3 Å². The Morgan fingerprint density at radius 3 is 2.57 bits per heavy atom. The third-order valence-corrected chi connectivity index (χ3v) is 4.74. The summed E-state index contributed by atoms with van der Waals surface area (Å²) in [6.45, 7) is 6.24. The van der Waals surface area contributed by atoms with E-state index in [-0.39, 0.29) is 23.2 Å². The molecule has 0 aliphatic heterocycles. The summed E-state index contributed by atoms with van der Waals surface area (Å²) in [5.41, 5.74) is 0.315. The van der Waals surface area contributed by atoms with Crippen LogP contribution in [0.5, 0.6) is 0 Å². The van der Waals surface area contributed by atoms with E-state index in [1.165, 1.54) is 18.2 Å². The third kappa shape index (κ3) is 3.92. The van der Waals surface area contributed by atoms with Gasteiger partial charge in [-0.05, 0) is 51.0 Å². The lowest BCUT2D eigenvalue weighted by Crippen LogP contribution is -2.36. The highest BCUT2D eigenvalue weighted by Gasteiger charge is 2.29. The molecule has 1 N–H and O–H groups in total. The fourth-order valence-corrected chi connectivity index (χ4v) is 3.60. The van der Waals surface area contributed by atoms with Gasteiger partial charge in [0.2, 0.25) is 0 Å². The molecular weight excluding hydrogens is 353 g/mol. The van der Waals surface area contributed by atoms with E-state index in [1.54, 1.807) is 11.3 Å². The predicted molar refractivity (Wildman–Crippen MR) is 88.1 cm³/mol. The Morgan fingerprint density at radius 2 is 2.05 bits per heavy atom. The minimum Gasteiger partial charge on any atom is -0.344 e. The van der Waals surface area contributed by atoms with Gasteiger partial charge in [-0.2, -0.15) is 0 Å². The summed E-state index contributed by atoms with van der Waals surface area (Å²) in [6.07, 6.45) is 0. The zero-order valence-electron chi connectivity index (χ0n) is 12.1. The molecule has 0 fully saturated rings. The molecule has 1 atom stereocenters. The van der Waals surface area contributed by atoms with Crippen molar-refractivity contribution in [3.8, 4) is 0 Å². The highest BCUT2D eigenvalue weighted by Crippen LogP contribution is 2.35. The second kappa shape index (κ2) is 6.28. The van der Waals surface area contributed by atoms with Gasteiger partial charge in [0.05, 0.1) is 11.6 Å². The molecule has 0 radical (unpaired) electrons. The molecule has 0 saturated carbocycles. The maximum atomic E-state index is 13.1. The number of carbonyl (C=O) groups excluding carboxylic acids is 1. The monoisotopic (exact) mass is 369 g/mol. The highest BCUT2D eigenvalue weighted by atomic mass is 79.9. The Kier molecular flexibility index (Phi) is 4.84. The van der Waals surface area contributed by atoms with Crippen LogP contribution in [0.15, 0.2) is 40.2 Å². The number of benzene rings is 1. The Morgan fingerprint density at radius 1 is 1.33 bits per heavy atom. The molecule has 2 aromatic rings. The Balaban J connectivity index is 2.27. The largest absolute Gasteiger partial charge is 0.344 e. The number of amides is 1. The average molecular weight is 370 g/mol. The van der Waals surface area contributed by atoms with E-state index < -0.39 is 0 Å². The second-order valence-corrected chi connectivity index (χ2v) is 7.75. The summed E-state index contributed by atoms with van der Waals surface area (Å²) in [7, 11) is 0. The first kappa shape index (κ1) is 16.2. The molecule has 21 heavy (non-hydrogen) atoms. The standard InChI is InChI=1S/C16H17BrFNOS/c1-16(2,3)14(13-5-4-8-21-13)19-15(20)11-7-6-10(18)9-12(11)17/h4-9,14H,1-3H3,(H,19,20). The van der Waals surface area contributed by atoms with Gasteiger partial charge in [0.25, 0.3) is 5.91 Å². The number of carbonyl (C=O) groups is 1. The molecule has 0 saturated heterocycles. The van der Waals surface area contributed by atoms with E-state index >= 15 is 0 Å². The fraction of sp³-hybridized carbons (Fsp3) is 0.312. The van der Waals surface area contributed by atoms with E-state index in [4.69, 9.17) is 0 Å². The molecular formula is C16H17BrFNOS. The van der Waals surface area contributed by atoms with E-state index in [0.717, 1.165) is 4.88 Å². The number of hydrogen-bond donors (Lipinski definition) is 1. The molecule has 5 heteroatoms. The van der Waals surface area contributed by atoms with Crippen LogP contribution in [-0.2, 0) is 0 Å².